The van der Waals surface area contributed by atoms with Gasteiger partial charge in [-0.05, 0) is 25.0 Å². The fraction of sp³-hybridized carbons (Fsp3) is 0.233. The van der Waals surface area contributed by atoms with Gasteiger partial charge in [0.05, 0.1) is 35.8 Å². The zero-order valence-corrected chi connectivity index (χ0v) is 25.2. The lowest BCUT2D eigenvalue weighted by atomic mass is 10.1. The van der Waals surface area contributed by atoms with Crippen molar-refractivity contribution < 1.29 is 14.3 Å². The molecule has 6 aromatic rings. The van der Waals surface area contributed by atoms with E-state index < -0.39 is 0 Å². The minimum Gasteiger partial charge on any atom is -0.497 e. The Morgan fingerprint density at radius 3 is 2.71 bits per heavy atom. The van der Waals surface area contributed by atoms with Crippen molar-refractivity contribution in [3.05, 3.63) is 64.2 Å². The minimum absolute atomic E-state index is 0.115. The molecular weight excluding hydrogens is 589 g/mol. The van der Waals surface area contributed by atoms with Crippen molar-refractivity contribution in [1.29, 1.82) is 0 Å². The van der Waals surface area contributed by atoms with E-state index in [0.29, 0.717) is 23.0 Å². The van der Waals surface area contributed by atoms with Gasteiger partial charge in [-0.25, -0.2) is 19.5 Å². The van der Waals surface area contributed by atoms with Crippen LogP contribution in [0.1, 0.15) is 39.8 Å². The molecule has 1 fully saturated rings. The number of methoxy groups -OCH3 is 1. The normalized spacial score (nSPS) is 13.0. The second-order valence-corrected chi connectivity index (χ2v) is 12.8. The summed E-state index contributed by atoms with van der Waals surface area (Å²) < 4.78 is 14.6. The molecule has 1 aliphatic carbocycles. The number of carbonyl (C=O) groups is 1. The molecule has 1 aliphatic rings. The summed E-state index contributed by atoms with van der Waals surface area (Å²) in [6, 6.07) is 11.2. The molecule has 4 heterocycles. The monoisotopic (exact) mass is 612 g/mol. The van der Waals surface area contributed by atoms with Gasteiger partial charge in [-0.2, -0.15) is 5.10 Å². The van der Waals surface area contributed by atoms with Crippen LogP contribution in [0.15, 0.2) is 48.0 Å². The number of carbonyl (C=O) groups excluding carboxylic acids is 1. The highest BCUT2D eigenvalue weighted by atomic mass is 32.1. The van der Waals surface area contributed by atoms with Crippen LogP contribution >= 0.6 is 34.0 Å². The van der Waals surface area contributed by atoms with Gasteiger partial charge < -0.3 is 14.4 Å². The number of ether oxygens (including phenoxy) is 2. The van der Waals surface area contributed by atoms with Crippen LogP contribution in [0.3, 0.4) is 0 Å². The van der Waals surface area contributed by atoms with Gasteiger partial charge >= 0.3 is 0 Å². The summed E-state index contributed by atoms with van der Waals surface area (Å²) in [5.74, 6) is 4.32. The highest BCUT2D eigenvalue weighted by Crippen LogP contribution is 2.43. The minimum atomic E-state index is -0.115. The topological polar surface area (TPSA) is 94.7 Å². The van der Waals surface area contributed by atoms with Gasteiger partial charge in [-0.3, -0.25) is 4.79 Å². The molecule has 0 bridgehead atoms. The first-order valence-electron chi connectivity index (χ1n) is 13.2. The number of terminal acetylenes is 1. The van der Waals surface area contributed by atoms with Gasteiger partial charge in [0.2, 0.25) is 4.96 Å². The molecule has 9 nitrogen and oxygen atoms in total. The third-order valence-electron chi connectivity index (χ3n) is 6.85. The van der Waals surface area contributed by atoms with E-state index in [-0.39, 0.29) is 19.1 Å². The third kappa shape index (κ3) is 5.11. The number of aromatic nitrogens is 5. The quantitative estimate of drug-likeness (QED) is 0.175. The number of amides is 1. The maximum absolute atomic E-state index is 12.5. The number of hydrogen-bond acceptors (Lipinski definition) is 10. The Balaban J connectivity index is 1.09. The molecule has 0 unspecified atom stereocenters. The molecular formula is C30H24N6O3S3. The van der Waals surface area contributed by atoms with Crippen molar-refractivity contribution in [2.45, 2.75) is 25.4 Å². The van der Waals surface area contributed by atoms with Crippen LogP contribution in [0.25, 0.3) is 36.5 Å². The van der Waals surface area contributed by atoms with Gasteiger partial charge in [-0.15, -0.1) is 29.1 Å². The Morgan fingerprint density at radius 1 is 1.14 bits per heavy atom. The van der Waals surface area contributed by atoms with Gasteiger partial charge in [0.25, 0.3) is 5.91 Å². The van der Waals surface area contributed by atoms with Gasteiger partial charge in [0, 0.05) is 41.6 Å². The van der Waals surface area contributed by atoms with E-state index in [4.69, 9.17) is 35.9 Å². The Kier molecular flexibility index (Phi) is 6.85. The van der Waals surface area contributed by atoms with Crippen LogP contribution in [0.4, 0.5) is 0 Å². The molecule has 210 valence electrons. The van der Waals surface area contributed by atoms with Crippen molar-refractivity contribution in [3.63, 3.8) is 0 Å². The first-order valence-corrected chi connectivity index (χ1v) is 15.7. The van der Waals surface area contributed by atoms with Crippen molar-refractivity contribution in [1.82, 2.24) is 29.5 Å². The number of thiazole rings is 2. The molecule has 2 aromatic carbocycles. The summed E-state index contributed by atoms with van der Waals surface area (Å²) in [5, 5.41) is 9.50. The molecule has 7 rings (SSSR count). The number of benzene rings is 2. The fourth-order valence-electron chi connectivity index (χ4n) is 4.47. The first-order chi connectivity index (χ1) is 20.5. The highest BCUT2D eigenvalue weighted by molar-refractivity contribution is 7.22. The van der Waals surface area contributed by atoms with Gasteiger partial charge in [0.15, 0.2) is 0 Å². The Hall–Kier alpha value is -4.31. The van der Waals surface area contributed by atoms with Crippen molar-refractivity contribution in [2.24, 2.45) is 0 Å². The standard InChI is InChI=1S/C30H24N6O3S3/c1-4-11-35(2)29(37)19-9-7-17(8-10-19)26-31-20(16-40-26)15-39-24-13-21(38-3)12-22-25(24)41-28(32-22)23-14-36-30(33-23)42-27(34-36)18-5-6-18/h1,7-10,12-14,16,18H,5-6,11,15H2,2-3H3. The summed E-state index contributed by atoms with van der Waals surface area (Å²) in [5.41, 5.74) is 3.89. The summed E-state index contributed by atoms with van der Waals surface area (Å²) in [6.07, 6.45) is 9.71. The summed E-state index contributed by atoms with van der Waals surface area (Å²) in [6.45, 7) is 0.549. The predicted molar refractivity (Wildman–Crippen MR) is 166 cm³/mol. The molecule has 0 spiro atoms. The SMILES string of the molecule is C#CCN(C)C(=O)c1ccc(-c2nc(COc3cc(OC)cc4nc(-c5cn6nc(C7CC7)sc6n5)sc34)cs2)cc1. The molecule has 0 saturated heterocycles. The molecule has 42 heavy (non-hydrogen) atoms. The molecule has 4 aromatic heterocycles. The van der Waals surface area contributed by atoms with E-state index in [0.717, 1.165) is 47.2 Å². The Labute approximate surface area is 253 Å². The van der Waals surface area contributed by atoms with Gasteiger partial charge in [-0.1, -0.05) is 29.4 Å². The lowest BCUT2D eigenvalue weighted by molar-refractivity contribution is 0.0812. The van der Waals surface area contributed by atoms with Crippen molar-refractivity contribution in [3.8, 4) is 45.1 Å². The van der Waals surface area contributed by atoms with Crippen LogP contribution in [0.5, 0.6) is 11.5 Å². The number of fused-ring (bicyclic) bond motifs is 2. The van der Waals surface area contributed by atoms with E-state index in [1.165, 1.54) is 40.4 Å². The third-order valence-corrected chi connectivity index (χ3v) is 9.98. The summed E-state index contributed by atoms with van der Waals surface area (Å²) in [7, 11) is 3.32. The van der Waals surface area contributed by atoms with E-state index in [2.05, 4.69) is 5.92 Å². The Morgan fingerprint density at radius 2 is 1.98 bits per heavy atom. The number of nitrogens with zero attached hydrogens (tertiary/aromatic N) is 6. The van der Waals surface area contributed by atoms with Crippen LogP contribution in [0, 0.1) is 12.3 Å². The molecule has 0 atom stereocenters. The van der Waals surface area contributed by atoms with E-state index in [9.17, 15) is 4.79 Å². The molecule has 1 amide bonds. The van der Waals surface area contributed by atoms with Crippen LogP contribution in [-0.4, -0.2) is 56.1 Å². The zero-order valence-electron chi connectivity index (χ0n) is 22.7. The van der Waals surface area contributed by atoms with Crippen LogP contribution < -0.4 is 9.47 Å². The van der Waals surface area contributed by atoms with Gasteiger partial charge in [0.1, 0.15) is 38.8 Å². The summed E-state index contributed by atoms with van der Waals surface area (Å²) >= 11 is 4.71. The first kappa shape index (κ1) is 26.6. The lowest BCUT2D eigenvalue weighted by Crippen LogP contribution is -2.26. The smallest absolute Gasteiger partial charge is 0.254 e. The molecule has 0 radical (unpaired) electrons. The second-order valence-electron chi connectivity index (χ2n) is 9.94. The molecule has 0 aliphatic heterocycles. The average Bonchev–Trinajstić information content (AvgIpc) is 3.33. The largest absolute Gasteiger partial charge is 0.497 e. The summed E-state index contributed by atoms with van der Waals surface area (Å²) in [4.78, 5) is 29.3. The lowest BCUT2D eigenvalue weighted by Gasteiger charge is -2.13. The van der Waals surface area contributed by atoms with E-state index >= 15 is 0 Å². The molecule has 12 heteroatoms. The Bertz CT molecular complexity index is 1950. The number of imidazole rings is 1. The predicted octanol–water partition coefficient (Wildman–Crippen LogP) is 6.36. The fourth-order valence-corrected chi connectivity index (χ4v) is 7.30. The van der Waals surface area contributed by atoms with E-state index in [1.807, 2.05) is 40.4 Å². The zero-order chi connectivity index (χ0) is 28.8. The average molecular weight is 613 g/mol. The van der Waals surface area contributed by atoms with Crippen LogP contribution in [-0.2, 0) is 6.61 Å². The highest BCUT2D eigenvalue weighted by Gasteiger charge is 2.28. The van der Waals surface area contributed by atoms with Crippen molar-refractivity contribution >= 4 is 55.1 Å². The maximum atomic E-state index is 12.5. The number of hydrogen-bond donors (Lipinski definition) is 0. The van der Waals surface area contributed by atoms with Crippen molar-refractivity contribution in [2.75, 3.05) is 20.7 Å². The number of rotatable bonds is 9. The van der Waals surface area contributed by atoms with Crippen LogP contribution in [0.2, 0.25) is 0 Å². The maximum Gasteiger partial charge on any atom is 0.254 e. The molecule has 1 saturated carbocycles. The van der Waals surface area contributed by atoms with E-state index in [1.54, 1.807) is 37.6 Å². The molecule has 0 N–H and O–H groups in total. The second kappa shape index (κ2) is 10.8.